The van der Waals surface area contributed by atoms with Gasteiger partial charge in [0.1, 0.15) is 0 Å². The predicted octanol–water partition coefficient (Wildman–Crippen LogP) is -0.212. The maximum absolute atomic E-state index is 11.4. The number of aliphatic hydroxyl groups is 1. The van der Waals surface area contributed by atoms with Gasteiger partial charge in [-0.2, -0.15) is 0 Å². The first-order chi connectivity index (χ1) is 9.53. The van der Waals surface area contributed by atoms with E-state index in [9.17, 15) is 13.5 Å². The van der Waals surface area contributed by atoms with Gasteiger partial charge >= 0.3 is 0 Å². The average Bonchev–Trinajstić information content (AvgIpc) is 2.85. The summed E-state index contributed by atoms with van der Waals surface area (Å²) in [5, 5.41) is 10.1. The molecule has 2 aliphatic rings. The normalized spacial score (nSPS) is 32.6. The van der Waals surface area contributed by atoms with E-state index in [0.29, 0.717) is 26.3 Å². The van der Waals surface area contributed by atoms with Gasteiger partial charge < -0.3 is 9.84 Å². The summed E-state index contributed by atoms with van der Waals surface area (Å²) < 4.78 is 31.0. The summed E-state index contributed by atoms with van der Waals surface area (Å²) in [5.74, 6) is 0.374. The van der Waals surface area contributed by atoms with Crippen LogP contribution in [0.15, 0.2) is 0 Å². The van der Waals surface area contributed by atoms with E-state index in [2.05, 4.69) is 9.62 Å². The molecule has 1 saturated heterocycles. The first kappa shape index (κ1) is 16.2. The number of hydrogen-bond acceptors (Lipinski definition) is 5. The topological polar surface area (TPSA) is 78.9 Å². The Labute approximate surface area is 121 Å². The zero-order valence-corrected chi connectivity index (χ0v) is 12.9. The Hall–Kier alpha value is -0.210. The zero-order valence-electron chi connectivity index (χ0n) is 12.1. The second kappa shape index (κ2) is 7.17. The Morgan fingerprint density at radius 1 is 1.40 bits per heavy atom. The minimum Gasteiger partial charge on any atom is -0.393 e. The molecule has 1 aliphatic heterocycles. The average molecular weight is 306 g/mol. The van der Waals surface area contributed by atoms with Crippen molar-refractivity contribution < 1.29 is 18.3 Å². The monoisotopic (exact) mass is 306 g/mol. The number of rotatable bonds is 6. The maximum Gasteiger partial charge on any atom is 0.211 e. The van der Waals surface area contributed by atoms with Crippen molar-refractivity contribution in [3.8, 4) is 0 Å². The van der Waals surface area contributed by atoms with Crippen molar-refractivity contribution in [3.63, 3.8) is 0 Å². The van der Waals surface area contributed by atoms with Crippen LogP contribution in [0.1, 0.15) is 26.2 Å². The second-order valence-electron chi connectivity index (χ2n) is 5.64. The first-order valence-electron chi connectivity index (χ1n) is 7.50. The van der Waals surface area contributed by atoms with Crippen LogP contribution in [-0.4, -0.2) is 69.2 Å². The summed E-state index contributed by atoms with van der Waals surface area (Å²) in [4.78, 5) is 2.26. The third-order valence-corrected chi connectivity index (χ3v) is 5.81. The molecule has 3 atom stereocenters. The summed E-state index contributed by atoms with van der Waals surface area (Å²) in [6.07, 6.45) is 2.74. The van der Waals surface area contributed by atoms with Crippen molar-refractivity contribution in [2.45, 2.75) is 38.3 Å². The Morgan fingerprint density at radius 3 is 2.85 bits per heavy atom. The summed E-state index contributed by atoms with van der Waals surface area (Å²) in [6.45, 7) is 4.87. The van der Waals surface area contributed by atoms with Gasteiger partial charge in [0.05, 0.1) is 25.1 Å². The Bertz CT molecular complexity index is 401. The van der Waals surface area contributed by atoms with Gasteiger partial charge in [-0.15, -0.1) is 0 Å². The molecule has 1 aliphatic carbocycles. The lowest BCUT2D eigenvalue weighted by atomic mass is 9.94. The van der Waals surface area contributed by atoms with Gasteiger partial charge in [0.15, 0.2) is 0 Å². The van der Waals surface area contributed by atoms with Crippen LogP contribution in [0, 0.1) is 5.92 Å². The molecule has 2 fully saturated rings. The van der Waals surface area contributed by atoms with Crippen molar-refractivity contribution in [2.75, 3.05) is 38.6 Å². The molecule has 0 aromatic carbocycles. The van der Waals surface area contributed by atoms with Crippen molar-refractivity contribution in [2.24, 2.45) is 5.92 Å². The molecule has 3 unspecified atom stereocenters. The van der Waals surface area contributed by atoms with E-state index in [1.165, 1.54) is 0 Å². The number of nitrogens with zero attached hydrogens (tertiary/aromatic N) is 1. The number of nitrogens with one attached hydrogen (secondary N) is 1. The molecule has 0 amide bonds. The molecule has 1 saturated carbocycles. The number of hydrogen-bond donors (Lipinski definition) is 2. The lowest BCUT2D eigenvalue weighted by Crippen LogP contribution is -2.53. The molecule has 20 heavy (non-hydrogen) atoms. The zero-order chi connectivity index (χ0) is 14.6. The fourth-order valence-corrected chi connectivity index (χ4v) is 3.80. The molecule has 0 aromatic heterocycles. The Morgan fingerprint density at radius 2 is 2.20 bits per heavy atom. The summed E-state index contributed by atoms with van der Waals surface area (Å²) in [5.41, 5.74) is 0. The lowest BCUT2D eigenvalue weighted by molar-refractivity contribution is -0.0488. The molecule has 7 heteroatoms. The van der Waals surface area contributed by atoms with Gasteiger partial charge in [-0.05, 0) is 19.8 Å². The molecule has 2 N–H and O–H groups in total. The largest absolute Gasteiger partial charge is 0.393 e. The maximum atomic E-state index is 11.4. The van der Waals surface area contributed by atoms with Crippen molar-refractivity contribution in [1.82, 2.24) is 9.62 Å². The lowest BCUT2D eigenvalue weighted by Gasteiger charge is -2.40. The Balaban J connectivity index is 1.87. The van der Waals surface area contributed by atoms with E-state index in [1.807, 2.05) is 0 Å². The fraction of sp³-hybridized carbons (Fsp3) is 1.00. The van der Waals surface area contributed by atoms with Crippen LogP contribution in [0.5, 0.6) is 0 Å². The van der Waals surface area contributed by atoms with Gasteiger partial charge in [-0.3, -0.25) is 4.90 Å². The molecule has 0 spiro atoms. The van der Waals surface area contributed by atoms with E-state index in [4.69, 9.17) is 4.74 Å². The minimum atomic E-state index is -3.12. The SMILES string of the molecule is CCS(=O)(=O)NCCN1CCOCC1C1CCCC1O. The molecular weight excluding hydrogens is 280 g/mol. The molecule has 2 rings (SSSR count). The first-order valence-corrected chi connectivity index (χ1v) is 9.16. The van der Waals surface area contributed by atoms with E-state index in [0.717, 1.165) is 25.8 Å². The highest BCUT2D eigenvalue weighted by Gasteiger charge is 2.37. The quantitative estimate of drug-likeness (QED) is 0.710. The third-order valence-electron chi connectivity index (χ3n) is 4.41. The van der Waals surface area contributed by atoms with Crippen LogP contribution in [-0.2, 0) is 14.8 Å². The highest BCUT2D eigenvalue weighted by Crippen LogP contribution is 2.31. The van der Waals surface area contributed by atoms with Crippen LogP contribution in [0.4, 0.5) is 0 Å². The molecule has 0 aromatic rings. The molecule has 0 bridgehead atoms. The number of sulfonamides is 1. The molecule has 0 radical (unpaired) electrons. The number of morpholine rings is 1. The molecule has 1 heterocycles. The number of ether oxygens (including phenoxy) is 1. The second-order valence-corrected chi connectivity index (χ2v) is 7.73. The van der Waals surface area contributed by atoms with Crippen molar-refractivity contribution >= 4 is 10.0 Å². The van der Waals surface area contributed by atoms with Crippen LogP contribution in [0.2, 0.25) is 0 Å². The van der Waals surface area contributed by atoms with E-state index >= 15 is 0 Å². The summed E-state index contributed by atoms with van der Waals surface area (Å²) in [7, 11) is -3.12. The smallest absolute Gasteiger partial charge is 0.211 e. The summed E-state index contributed by atoms with van der Waals surface area (Å²) >= 11 is 0. The standard InChI is InChI=1S/C13H26N2O4S/c1-2-20(17,18)14-6-7-15-8-9-19-10-12(15)11-4-3-5-13(11)16/h11-14,16H,2-10H2,1H3. The van der Waals surface area contributed by atoms with Crippen LogP contribution >= 0.6 is 0 Å². The van der Waals surface area contributed by atoms with Gasteiger partial charge in [-0.25, -0.2) is 13.1 Å². The van der Waals surface area contributed by atoms with Crippen molar-refractivity contribution in [3.05, 3.63) is 0 Å². The van der Waals surface area contributed by atoms with E-state index in [-0.39, 0.29) is 23.8 Å². The van der Waals surface area contributed by atoms with Gasteiger partial charge in [0.2, 0.25) is 10.0 Å². The Kier molecular flexibility index (Phi) is 5.80. The van der Waals surface area contributed by atoms with Crippen LogP contribution in [0.25, 0.3) is 0 Å². The number of aliphatic hydroxyl groups excluding tert-OH is 1. The fourth-order valence-electron chi connectivity index (χ4n) is 3.19. The van der Waals surface area contributed by atoms with Crippen LogP contribution in [0.3, 0.4) is 0 Å². The van der Waals surface area contributed by atoms with Crippen LogP contribution < -0.4 is 4.72 Å². The molecule has 6 nitrogen and oxygen atoms in total. The minimum absolute atomic E-state index is 0.112. The third kappa shape index (κ3) is 4.14. The van der Waals surface area contributed by atoms with Gasteiger partial charge in [0.25, 0.3) is 0 Å². The van der Waals surface area contributed by atoms with Gasteiger partial charge in [-0.1, -0.05) is 6.42 Å². The van der Waals surface area contributed by atoms with E-state index in [1.54, 1.807) is 6.92 Å². The van der Waals surface area contributed by atoms with Crippen molar-refractivity contribution in [1.29, 1.82) is 0 Å². The van der Waals surface area contributed by atoms with E-state index < -0.39 is 10.0 Å². The highest BCUT2D eigenvalue weighted by atomic mass is 32.2. The highest BCUT2D eigenvalue weighted by molar-refractivity contribution is 7.89. The summed E-state index contributed by atoms with van der Waals surface area (Å²) in [6, 6.07) is 0.215. The predicted molar refractivity (Wildman–Crippen MR) is 77.0 cm³/mol. The van der Waals surface area contributed by atoms with Gasteiger partial charge in [0, 0.05) is 31.6 Å². The molecular formula is C13H26N2O4S. The molecule has 118 valence electrons.